The standard InChI is InChI=1S/C32H46O6/c1-19(33)38-32(37)18-31(25(35)36)16-15-29(7)20(21(31)17-26(32,2)3)9-10-23-28(6)13-12-24(34)27(4,5)22(28)11-14-30(23,29)8/h9-10,22-23,37H,11-18H2,1-8H3,(H,35,36)/t22-,23+,28-,29+,30+,31+,32-/m0/s1. The van der Waals surface area contributed by atoms with Crippen molar-refractivity contribution in [2.45, 2.75) is 113 Å². The third kappa shape index (κ3) is 3.19. The maximum Gasteiger partial charge on any atom is 0.314 e. The molecule has 3 saturated carbocycles. The van der Waals surface area contributed by atoms with E-state index in [9.17, 15) is 24.6 Å². The number of rotatable bonds is 2. The smallest absolute Gasteiger partial charge is 0.314 e. The van der Waals surface area contributed by atoms with E-state index in [1.165, 1.54) is 6.92 Å². The minimum absolute atomic E-state index is 0.00284. The number of ether oxygens (including phenoxy) is 1. The molecule has 0 radical (unpaired) electrons. The maximum atomic E-state index is 13.0. The molecule has 0 unspecified atom stereocenters. The van der Waals surface area contributed by atoms with Crippen LogP contribution < -0.4 is 0 Å². The highest BCUT2D eigenvalue weighted by atomic mass is 16.7. The van der Waals surface area contributed by atoms with E-state index < -0.39 is 28.6 Å². The van der Waals surface area contributed by atoms with E-state index in [-0.39, 0.29) is 28.1 Å². The Morgan fingerprint density at radius 2 is 1.66 bits per heavy atom. The highest BCUT2D eigenvalue weighted by Gasteiger charge is 2.69. The van der Waals surface area contributed by atoms with Crippen molar-refractivity contribution in [3.8, 4) is 0 Å². The van der Waals surface area contributed by atoms with Crippen LogP contribution in [0.4, 0.5) is 0 Å². The second-order valence-corrected chi connectivity index (χ2v) is 15.2. The number of esters is 1. The van der Waals surface area contributed by atoms with Crippen molar-refractivity contribution in [1.82, 2.24) is 0 Å². The van der Waals surface area contributed by atoms with Crippen LogP contribution >= 0.6 is 0 Å². The lowest BCUT2D eigenvalue weighted by molar-refractivity contribution is -0.277. The first kappa shape index (κ1) is 27.6. The molecule has 3 fully saturated rings. The molecule has 7 atom stereocenters. The summed E-state index contributed by atoms with van der Waals surface area (Å²) in [6.45, 7) is 16.4. The lowest BCUT2D eigenvalue weighted by Gasteiger charge is -2.68. The van der Waals surface area contributed by atoms with Crippen LogP contribution in [0.25, 0.3) is 0 Å². The molecule has 0 aromatic rings. The molecule has 6 heteroatoms. The van der Waals surface area contributed by atoms with Gasteiger partial charge in [0.05, 0.1) is 5.41 Å². The fourth-order valence-electron chi connectivity index (χ4n) is 10.2. The number of Topliss-reactive ketones (excluding diaryl/α,β-unsaturated/α-hetero) is 1. The molecule has 5 rings (SSSR count). The molecule has 6 nitrogen and oxygen atoms in total. The van der Waals surface area contributed by atoms with Crippen LogP contribution in [-0.4, -0.2) is 33.7 Å². The van der Waals surface area contributed by atoms with Gasteiger partial charge in [0.25, 0.3) is 0 Å². The van der Waals surface area contributed by atoms with Crippen LogP contribution in [0.1, 0.15) is 107 Å². The Morgan fingerprint density at radius 1 is 1.00 bits per heavy atom. The van der Waals surface area contributed by atoms with Gasteiger partial charge in [-0.25, -0.2) is 0 Å². The Bertz CT molecular complexity index is 1180. The SMILES string of the molecule is CC(=O)O[C@@]1(O)C[C@]2(C(=O)O)CC[C@]3(C)C(=C2CC1(C)C)C=C[C@@H]1[C@@]2(C)CCC(=O)C(C)(C)[C@@H]2CC[C@]13C. The van der Waals surface area contributed by atoms with Crippen LogP contribution in [-0.2, 0) is 19.1 Å². The molecule has 5 aliphatic rings. The number of carboxylic acid groups (broad SMARTS) is 1. The van der Waals surface area contributed by atoms with Crippen LogP contribution in [0.5, 0.6) is 0 Å². The topological polar surface area (TPSA) is 101 Å². The maximum absolute atomic E-state index is 13.0. The number of fused-ring (bicyclic) bond motifs is 6. The van der Waals surface area contributed by atoms with Gasteiger partial charge in [0, 0.05) is 30.6 Å². The summed E-state index contributed by atoms with van der Waals surface area (Å²) in [5.74, 6) is -2.41. The zero-order valence-corrected chi connectivity index (χ0v) is 24.5. The molecule has 0 amide bonds. The molecular weight excluding hydrogens is 480 g/mol. The summed E-state index contributed by atoms with van der Waals surface area (Å²) in [5.41, 5.74) is -0.759. The minimum atomic E-state index is -1.86. The first-order valence-corrected chi connectivity index (χ1v) is 14.4. The van der Waals surface area contributed by atoms with Crippen molar-refractivity contribution in [2.24, 2.45) is 44.3 Å². The van der Waals surface area contributed by atoms with Gasteiger partial charge in [0.15, 0.2) is 0 Å². The van der Waals surface area contributed by atoms with Crippen molar-refractivity contribution in [1.29, 1.82) is 0 Å². The molecule has 0 aliphatic heterocycles. The third-order valence-electron chi connectivity index (χ3n) is 12.8. The number of carbonyl (C=O) groups excluding carboxylic acids is 2. The number of ketones is 1. The van der Waals surface area contributed by atoms with Crippen molar-refractivity contribution in [3.63, 3.8) is 0 Å². The lowest BCUT2D eigenvalue weighted by Crippen LogP contribution is -2.64. The van der Waals surface area contributed by atoms with E-state index in [1.807, 2.05) is 13.8 Å². The van der Waals surface area contributed by atoms with E-state index in [4.69, 9.17) is 4.74 Å². The van der Waals surface area contributed by atoms with E-state index in [0.29, 0.717) is 43.3 Å². The molecule has 0 bridgehead atoms. The van der Waals surface area contributed by atoms with Crippen LogP contribution in [0, 0.1) is 44.3 Å². The molecule has 0 saturated heterocycles. The number of allylic oxidation sites excluding steroid dienone is 3. The number of hydrogen-bond acceptors (Lipinski definition) is 5. The highest BCUT2D eigenvalue weighted by Crippen LogP contribution is 2.74. The summed E-state index contributed by atoms with van der Waals surface area (Å²) in [6.07, 6.45) is 9.36. The van der Waals surface area contributed by atoms with E-state index in [0.717, 1.165) is 30.4 Å². The average Bonchev–Trinajstić information content (AvgIpc) is 2.77. The van der Waals surface area contributed by atoms with E-state index in [2.05, 4.69) is 46.8 Å². The molecule has 2 N–H and O–H groups in total. The monoisotopic (exact) mass is 526 g/mol. The highest BCUT2D eigenvalue weighted by molar-refractivity contribution is 5.85. The van der Waals surface area contributed by atoms with E-state index in [1.54, 1.807) is 0 Å². The average molecular weight is 527 g/mol. The number of carboxylic acids is 1. The first-order valence-electron chi connectivity index (χ1n) is 14.4. The summed E-state index contributed by atoms with van der Waals surface area (Å²) in [4.78, 5) is 37.9. The van der Waals surface area contributed by atoms with Gasteiger partial charge in [0.1, 0.15) is 5.78 Å². The van der Waals surface area contributed by atoms with Gasteiger partial charge >= 0.3 is 11.9 Å². The Hall–Kier alpha value is -1.95. The van der Waals surface area contributed by atoms with Crippen LogP contribution in [0.3, 0.4) is 0 Å². The largest absolute Gasteiger partial charge is 0.481 e. The predicted molar refractivity (Wildman–Crippen MR) is 144 cm³/mol. The minimum Gasteiger partial charge on any atom is -0.481 e. The second-order valence-electron chi connectivity index (χ2n) is 15.2. The van der Waals surface area contributed by atoms with Gasteiger partial charge in [-0.1, -0.05) is 60.6 Å². The van der Waals surface area contributed by atoms with Crippen molar-refractivity contribution in [2.75, 3.05) is 0 Å². The first-order chi connectivity index (χ1) is 17.3. The molecule has 0 spiro atoms. The Balaban J connectivity index is 1.68. The van der Waals surface area contributed by atoms with Crippen molar-refractivity contribution < 1.29 is 29.3 Å². The fourth-order valence-corrected chi connectivity index (χ4v) is 10.2. The van der Waals surface area contributed by atoms with Gasteiger partial charge in [-0.05, 0) is 77.8 Å². The summed E-state index contributed by atoms with van der Waals surface area (Å²) < 4.78 is 5.47. The normalized spacial score (nSPS) is 46.8. The molecular formula is C32H46O6. The van der Waals surface area contributed by atoms with Gasteiger partial charge in [-0.2, -0.15) is 0 Å². The third-order valence-corrected chi connectivity index (χ3v) is 12.8. The zero-order chi connectivity index (χ0) is 28.3. The quantitative estimate of drug-likeness (QED) is 0.327. The van der Waals surface area contributed by atoms with Crippen LogP contribution in [0.2, 0.25) is 0 Å². The molecule has 0 aromatic heterocycles. The summed E-state index contributed by atoms with van der Waals surface area (Å²) in [5, 5.41) is 22.2. The van der Waals surface area contributed by atoms with Gasteiger partial charge < -0.3 is 14.9 Å². The second kappa shape index (κ2) is 7.83. The summed E-state index contributed by atoms with van der Waals surface area (Å²) in [6, 6.07) is 0. The predicted octanol–water partition coefficient (Wildman–Crippen LogP) is 6.22. The Labute approximate surface area is 227 Å². The van der Waals surface area contributed by atoms with Gasteiger partial charge in [0.2, 0.25) is 5.79 Å². The molecule has 210 valence electrons. The number of aliphatic hydroxyl groups is 1. The summed E-state index contributed by atoms with van der Waals surface area (Å²) in [7, 11) is 0. The number of hydrogen-bond donors (Lipinski definition) is 2. The van der Waals surface area contributed by atoms with Crippen molar-refractivity contribution in [3.05, 3.63) is 23.3 Å². The lowest BCUT2D eigenvalue weighted by atomic mass is 9.35. The Morgan fingerprint density at radius 3 is 2.26 bits per heavy atom. The van der Waals surface area contributed by atoms with Crippen LogP contribution in [0.15, 0.2) is 23.3 Å². The van der Waals surface area contributed by atoms with Crippen molar-refractivity contribution >= 4 is 17.7 Å². The Kier molecular flexibility index (Phi) is 5.69. The van der Waals surface area contributed by atoms with Gasteiger partial charge in [-0.15, -0.1) is 0 Å². The molecule has 38 heavy (non-hydrogen) atoms. The zero-order valence-electron chi connectivity index (χ0n) is 24.5. The fraction of sp³-hybridized carbons (Fsp3) is 0.781. The van der Waals surface area contributed by atoms with Gasteiger partial charge in [-0.3, -0.25) is 14.4 Å². The molecule has 0 aromatic carbocycles. The molecule has 0 heterocycles. The molecule has 5 aliphatic carbocycles. The summed E-state index contributed by atoms with van der Waals surface area (Å²) >= 11 is 0. The number of carbonyl (C=O) groups is 3. The van der Waals surface area contributed by atoms with E-state index >= 15 is 0 Å². The number of aliphatic carboxylic acids is 1.